The van der Waals surface area contributed by atoms with Gasteiger partial charge in [0.1, 0.15) is 17.0 Å². The van der Waals surface area contributed by atoms with Crippen molar-refractivity contribution in [2.45, 2.75) is 11.6 Å². The number of alkyl halides is 3. The fourth-order valence-electron chi connectivity index (χ4n) is 2.33. The van der Waals surface area contributed by atoms with E-state index in [1.54, 1.807) is 18.2 Å². The van der Waals surface area contributed by atoms with E-state index in [-0.39, 0.29) is 17.2 Å². The van der Waals surface area contributed by atoms with Gasteiger partial charge in [0.15, 0.2) is 0 Å². The molecule has 1 unspecified atom stereocenters. The number of pyridine rings is 1. The van der Waals surface area contributed by atoms with Crippen molar-refractivity contribution in [3.63, 3.8) is 0 Å². The molecule has 3 nitrogen and oxygen atoms in total. The van der Waals surface area contributed by atoms with Crippen molar-refractivity contribution in [2.75, 3.05) is 10.7 Å². The first kappa shape index (κ1) is 15.8. The van der Waals surface area contributed by atoms with Gasteiger partial charge in [0.25, 0.3) is 0 Å². The van der Waals surface area contributed by atoms with E-state index in [1.165, 1.54) is 28.9 Å². The minimum absolute atomic E-state index is 0.157. The molecular formula is C15H10F4N2OS. The Morgan fingerprint density at radius 2 is 2.00 bits per heavy atom. The summed E-state index contributed by atoms with van der Waals surface area (Å²) in [7, 11) is 0. The monoisotopic (exact) mass is 342 g/mol. The van der Waals surface area contributed by atoms with Crippen LogP contribution in [0.25, 0.3) is 0 Å². The molecule has 0 spiro atoms. The van der Waals surface area contributed by atoms with Crippen LogP contribution >= 0.6 is 11.8 Å². The smallest absolute Gasteiger partial charge is 0.279 e. The zero-order valence-corrected chi connectivity index (χ0v) is 12.4. The van der Waals surface area contributed by atoms with E-state index < -0.39 is 22.9 Å². The molecule has 3 rings (SSSR count). The van der Waals surface area contributed by atoms with E-state index in [1.807, 2.05) is 0 Å². The zero-order chi connectivity index (χ0) is 16.6. The second-order valence-electron chi connectivity index (χ2n) is 4.85. The largest absolute Gasteiger partial charge is 0.419 e. The van der Waals surface area contributed by atoms with E-state index in [0.717, 1.165) is 6.07 Å². The topological polar surface area (TPSA) is 33.2 Å². The van der Waals surface area contributed by atoms with Gasteiger partial charge in [-0.25, -0.2) is 9.37 Å². The standard InChI is InChI=1S/C15H10F4N2OS/c16-11-7-9(4-5-10(11)15(17,18)19)14-21(13(22)8-23-14)12-3-1-2-6-20-12/h1-7,14H,8H2. The lowest BCUT2D eigenvalue weighted by Crippen LogP contribution is -2.28. The van der Waals surface area contributed by atoms with Crippen molar-refractivity contribution in [3.8, 4) is 0 Å². The fourth-order valence-corrected chi connectivity index (χ4v) is 3.48. The third-order valence-electron chi connectivity index (χ3n) is 3.35. The van der Waals surface area contributed by atoms with Gasteiger partial charge < -0.3 is 0 Å². The third-order valence-corrected chi connectivity index (χ3v) is 4.56. The van der Waals surface area contributed by atoms with Crippen molar-refractivity contribution in [2.24, 2.45) is 0 Å². The number of halogens is 4. The Bertz CT molecular complexity index is 736. The summed E-state index contributed by atoms with van der Waals surface area (Å²) in [5.74, 6) is -1.04. The Balaban J connectivity index is 1.98. The van der Waals surface area contributed by atoms with Gasteiger partial charge in [-0.2, -0.15) is 13.2 Å². The average Bonchev–Trinajstić information content (AvgIpc) is 2.88. The summed E-state index contributed by atoms with van der Waals surface area (Å²) in [6, 6.07) is 7.72. The summed E-state index contributed by atoms with van der Waals surface area (Å²) in [6.45, 7) is 0. The highest BCUT2D eigenvalue weighted by Crippen LogP contribution is 2.42. The summed E-state index contributed by atoms with van der Waals surface area (Å²) < 4.78 is 51.7. The predicted octanol–water partition coefficient (Wildman–Crippen LogP) is 4.02. The molecule has 2 aromatic rings. The first-order chi connectivity index (χ1) is 10.9. The number of aromatic nitrogens is 1. The van der Waals surface area contributed by atoms with Crippen LogP contribution in [-0.4, -0.2) is 16.6 Å². The Morgan fingerprint density at radius 3 is 2.61 bits per heavy atom. The molecule has 0 N–H and O–H groups in total. The van der Waals surface area contributed by atoms with Crippen molar-refractivity contribution in [1.82, 2.24) is 4.98 Å². The SMILES string of the molecule is O=C1CSC(c2ccc(C(F)(F)F)c(F)c2)N1c1ccccn1. The van der Waals surface area contributed by atoms with E-state index in [0.29, 0.717) is 11.9 Å². The number of amides is 1. The molecule has 1 aliphatic rings. The highest BCUT2D eigenvalue weighted by Gasteiger charge is 2.37. The van der Waals surface area contributed by atoms with E-state index >= 15 is 0 Å². The van der Waals surface area contributed by atoms with Crippen molar-refractivity contribution in [3.05, 3.63) is 59.5 Å². The minimum atomic E-state index is -4.75. The Labute approximate surface area is 133 Å². The molecule has 1 aromatic carbocycles. The molecule has 1 fully saturated rings. The van der Waals surface area contributed by atoms with Crippen LogP contribution in [0.15, 0.2) is 42.6 Å². The van der Waals surface area contributed by atoms with Gasteiger partial charge in [0.2, 0.25) is 5.91 Å². The van der Waals surface area contributed by atoms with Crippen LogP contribution in [0.1, 0.15) is 16.5 Å². The Hall–Kier alpha value is -2.09. The first-order valence-electron chi connectivity index (χ1n) is 6.59. The summed E-state index contributed by atoms with van der Waals surface area (Å²) in [4.78, 5) is 17.5. The molecule has 1 aromatic heterocycles. The number of nitrogens with zero attached hydrogens (tertiary/aromatic N) is 2. The van der Waals surface area contributed by atoms with Gasteiger partial charge in [0, 0.05) is 6.20 Å². The van der Waals surface area contributed by atoms with Gasteiger partial charge in [0.05, 0.1) is 11.3 Å². The third kappa shape index (κ3) is 3.03. The zero-order valence-electron chi connectivity index (χ0n) is 11.5. The molecule has 0 bridgehead atoms. The second-order valence-corrected chi connectivity index (χ2v) is 5.92. The van der Waals surface area contributed by atoms with E-state index in [4.69, 9.17) is 0 Å². The van der Waals surface area contributed by atoms with Crippen LogP contribution < -0.4 is 4.90 Å². The molecule has 120 valence electrons. The lowest BCUT2D eigenvalue weighted by Gasteiger charge is -2.23. The van der Waals surface area contributed by atoms with Crippen LogP contribution in [0, 0.1) is 5.82 Å². The highest BCUT2D eigenvalue weighted by atomic mass is 32.2. The van der Waals surface area contributed by atoms with Gasteiger partial charge in [-0.15, -0.1) is 11.8 Å². The lowest BCUT2D eigenvalue weighted by atomic mass is 10.1. The molecule has 1 atom stereocenters. The Morgan fingerprint density at radius 1 is 1.22 bits per heavy atom. The van der Waals surface area contributed by atoms with Gasteiger partial charge >= 0.3 is 6.18 Å². The van der Waals surface area contributed by atoms with Crippen LogP contribution in [-0.2, 0) is 11.0 Å². The van der Waals surface area contributed by atoms with E-state index in [2.05, 4.69) is 4.98 Å². The molecule has 1 saturated heterocycles. The number of benzene rings is 1. The van der Waals surface area contributed by atoms with Gasteiger partial charge in [-0.1, -0.05) is 12.1 Å². The first-order valence-corrected chi connectivity index (χ1v) is 7.64. The van der Waals surface area contributed by atoms with Gasteiger partial charge in [-0.3, -0.25) is 9.69 Å². The Kier molecular flexibility index (Phi) is 4.01. The van der Waals surface area contributed by atoms with Crippen molar-refractivity contribution < 1.29 is 22.4 Å². The molecule has 1 amide bonds. The number of hydrogen-bond donors (Lipinski definition) is 0. The highest BCUT2D eigenvalue weighted by molar-refractivity contribution is 8.00. The minimum Gasteiger partial charge on any atom is -0.279 e. The van der Waals surface area contributed by atoms with Crippen LogP contribution in [0.3, 0.4) is 0 Å². The average molecular weight is 342 g/mol. The summed E-state index contributed by atoms with van der Waals surface area (Å²) >= 11 is 1.22. The van der Waals surface area contributed by atoms with Crippen molar-refractivity contribution >= 4 is 23.5 Å². The maximum atomic E-state index is 13.8. The second kappa shape index (κ2) is 5.84. The lowest BCUT2D eigenvalue weighted by molar-refractivity contribution is -0.140. The number of thioether (sulfide) groups is 1. The molecule has 8 heteroatoms. The number of carbonyl (C=O) groups is 1. The molecule has 0 radical (unpaired) electrons. The van der Waals surface area contributed by atoms with Gasteiger partial charge in [-0.05, 0) is 29.8 Å². The fraction of sp³-hybridized carbons (Fsp3) is 0.200. The van der Waals surface area contributed by atoms with Crippen LogP contribution in [0.2, 0.25) is 0 Å². The normalized spacial score (nSPS) is 18.5. The maximum Gasteiger partial charge on any atom is 0.419 e. The van der Waals surface area contributed by atoms with E-state index in [9.17, 15) is 22.4 Å². The molecular weight excluding hydrogens is 332 g/mol. The van der Waals surface area contributed by atoms with Crippen LogP contribution in [0.5, 0.6) is 0 Å². The molecule has 2 heterocycles. The van der Waals surface area contributed by atoms with Crippen LogP contribution in [0.4, 0.5) is 23.4 Å². The summed E-state index contributed by atoms with van der Waals surface area (Å²) in [5.41, 5.74) is -1.03. The molecule has 1 aliphatic heterocycles. The number of carbonyl (C=O) groups excluding carboxylic acids is 1. The maximum absolute atomic E-state index is 13.8. The number of hydrogen-bond acceptors (Lipinski definition) is 3. The number of anilines is 1. The molecule has 0 aliphatic carbocycles. The predicted molar refractivity (Wildman–Crippen MR) is 78.3 cm³/mol. The quantitative estimate of drug-likeness (QED) is 0.773. The number of rotatable bonds is 2. The van der Waals surface area contributed by atoms with Crippen molar-refractivity contribution in [1.29, 1.82) is 0 Å². The summed E-state index contributed by atoms with van der Waals surface area (Å²) in [6.07, 6.45) is -3.24. The summed E-state index contributed by atoms with van der Waals surface area (Å²) in [5, 5.41) is -0.603. The molecule has 0 saturated carbocycles. The molecule has 23 heavy (non-hydrogen) atoms.